The zero-order valence-electron chi connectivity index (χ0n) is 13.1. The Bertz CT molecular complexity index is 632. The van der Waals surface area contributed by atoms with E-state index in [4.69, 9.17) is 0 Å². The highest BCUT2D eigenvalue weighted by atomic mass is 15.2. The van der Waals surface area contributed by atoms with Gasteiger partial charge in [0, 0.05) is 31.5 Å². The standard InChI is InChI=1S/C18H23N3/c1-13-4-7-17(14(2)10-13)21(3)18-11-15(8-9-19-18)12-20-16-5-6-16/h4,7-11,16,20H,5-6,12H2,1-3H3. The summed E-state index contributed by atoms with van der Waals surface area (Å²) >= 11 is 0. The second kappa shape index (κ2) is 5.86. The second-order valence-electron chi connectivity index (χ2n) is 6.03. The molecule has 1 N–H and O–H groups in total. The number of nitrogens with zero attached hydrogens (tertiary/aromatic N) is 2. The molecule has 1 aliphatic carbocycles. The average molecular weight is 281 g/mol. The molecule has 0 amide bonds. The molecular weight excluding hydrogens is 258 g/mol. The highest BCUT2D eigenvalue weighted by Crippen LogP contribution is 2.26. The van der Waals surface area contributed by atoms with Gasteiger partial charge in [-0.1, -0.05) is 17.7 Å². The van der Waals surface area contributed by atoms with Gasteiger partial charge in [0.15, 0.2) is 0 Å². The first-order chi connectivity index (χ1) is 10.1. The van der Waals surface area contributed by atoms with Crippen LogP contribution in [0.4, 0.5) is 11.5 Å². The first-order valence-corrected chi connectivity index (χ1v) is 7.63. The van der Waals surface area contributed by atoms with Gasteiger partial charge in [0.05, 0.1) is 0 Å². The summed E-state index contributed by atoms with van der Waals surface area (Å²) in [5.41, 5.74) is 5.07. The molecule has 0 radical (unpaired) electrons. The highest BCUT2D eigenvalue weighted by Gasteiger charge is 2.20. The third kappa shape index (κ3) is 3.42. The van der Waals surface area contributed by atoms with Crippen LogP contribution in [0.25, 0.3) is 0 Å². The minimum absolute atomic E-state index is 0.735. The molecule has 0 bridgehead atoms. The Morgan fingerprint density at radius 3 is 2.71 bits per heavy atom. The van der Waals surface area contributed by atoms with Crippen LogP contribution in [0, 0.1) is 13.8 Å². The van der Waals surface area contributed by atoms with Crippen LogP contribution >= 0.6 is 0 Å². The number of benzene rings is 1. The minimum atomic E-state index is 0.735. The fraction of sp³-hybridized carbons (Fsp3) is 0.389. The van der Waals surface area contributed by atoms with Gasteiger partial charge in [-0.2, -0.15) is 0 Å². The summed E-state index contributed by atoms with van der Waals surface area (Å²) < 4.78 is 0. The van der Waals surface area contributed by atoms with Crippen molar-refractivity contribution >= 4 is 11.5 Å². The fourth-order valence-corrected chi connectivity index (χ4v) is 2.61. The molecule has 1 aromatic heterocycles. The summed E-state index contributed by atoms with van der Waals surface area (Å²) in [6, 6.07) is 11.5. The summed E-state index contributed by atoms with van der Waals surface area (Å²) in [4.78, 5) is 6.68. The quantitative estimate of drug-likeness (QED) is 0.905. The van der Waals surface area contributed by atoms with Gasteiger partial charge in [0.1, 0.15) is 5.82 Å². The largest absolute Gasteiger partial charge is 0.329 e. The van der Waals surface area contributed by atoms with Crippen molar-refractivity contribution in [3.63, 3.8) is 0 Å². The first kappa shape index (κ1) is 14.1. The SMILES string of the molecule is Cc1ccc(N(C)c2cc(CNC3CC3)ccn2)c(C)c1. The van der Waals surface area contributed by atoms with Gasteiger partial charge in [-0.15, -0.1) is 0 Å². The molecule has 0 atom stereocenters. The van der Waals surface area contributed by atoms with Crippen LogP contribution in [0.1, 0.15) is 29.5 Å². The van der Waals surface area contributed by atoms with E-state index in [9.17, 15) is 0 Å². The van der Waals surface area contributed by atoms with Crippen LogP contribution in [0.5, 0.6) is 0 Å². The van der Waals surface area contributed by atoms with E-state index in [1.165, 1.54) is 35.2 Å². The van der Waals surface area contributed by atoms with Gasteiger partial charge in [0.25, 0.3) is 0 Å². The molecule has 1 aromatic carbocycles. The minimum Gasteiger partial charge on any atom is -0.329 e. The lowest BCUT2D eigenvalue weighted by Gasteiger charge is -2.21. The molecule has 21 heavy (non-hydrogen) atoms. The zero-order chi connectivity index (χ0) is 14.8. The third-order valence-corrected chi connectivity index (χ3v) is 4.04. The van der Waals surface area contributed by atoms with Gasteiger partial charge in [0.2, 0.25) is 0 Å². The zero-order valence-corrected chi connectivity index (χ0v) is 13.1. The Labute approximate surface area is 127 Å². The third-order valence-electron chi connectivity index (χ3n) is 4.04. The van der Waals surface area contributed by atoms with Gasteiger partial charge >= 0.3 is 0 Å². The molecule has 1 saturated carbocycles. The van der Waals surface area contributed by atoms with Crippen molar-refractivity contribution in [2.24, 2.45) is 0 Å². The number of anilines is 2. The second-order valence-corrected chi connectivity index (χ2v) is 6.03. The van der Waals surface area contributed by atoms with E-state index in [-0.39, 0.29) is 0 Å². The molecule has 0 spiro atoms. The maximum atomic E-state index is 4.52. The lowest BCUT2D eigenvalue weighted by molar-refractivity contribution is 0.687. The van der Waals surface area contributed by atoms with Gasteiger partial charge in [-0.25, -0.2) is 4.98 Å². The first-order valence-electron chi connectivity index (χ1n) is 7.63. The van der Waals surface area contributed by atoms with Crippen molar-refractivity contribution in [3.05, 3.63) is 53.2 Å². The Kier molecular flexibility index (Phi) is 3.93. The van der Waals surface area contributed by atoms with Crippen LogP contribution in [0.3, 0.4) is 0 Å². The number of nitrogens with one attached hydrogen (secondary N) is 1. The molecule has 3 rings (SSSR count). The van der Waals surface area contributed by atoms with Crippen LogP contribution in [-0.2, 0) is 6.54 Å². The molecule has 0 aliphatic heterocycles. The van der Waals surface area contributed by atoms with Crippen molar-refractivity contribution in [1.29, 1.82) is 0 Å². The molecule has 1 fully saturated rings. The lowest BCUT2D eigenvalue weighted by Crippen LogP contribution is -2.17. The normalized spacial score (nSPS) is 14.2. The molecule has 1 heterocycles. The number of hydrogen-bond donors (Lipinski definition) is 1. The summed E-state index contributed by atoms with van der Waals surface area (Å²) in [5.74, 6) is 0.997. The monoisotopic (exact) mass is 281 g/mol. The number of aromatic nitrogens is 1. The van der Waals surface area contributed by atoms with Gasteiger partial charge < -0.3 is 10.2 Å². The van der Waals surface area contributed by atoms with E-state index < -0.39 is 0 Å². The molecule has 0 unspecified atom stereocenters. The topological polar surface area (TPSA) is 28.2 Å². The molecular formula is C18H23N3. The summed E-state index contributed by atoms with van der Waals surface area (Å²) in [6.07, 6.45) is 4.54. The Hall–Kier alpha value is -1.87. The predicted octanol–water partition coefficient (Wildman–Crippen LogP) is 3.72. The molecule has 3 nitrogen and oxygen atoms in total. The van der Waals surface area contributed by atoms with Gasteiger partial charge in [-0.3, -0.25) is 0 Å². The number of aryl methyl sites for hydroxylation is 2. The average Bonchev–Trinajstić information content (AvgIpc) is 3.29. The van der Waals surface area contributed by atoms with Crippen molar-refractivity contribution < 1.29 is 0 Å². The summed E-state index contributed by atoms with van der Waals surface area (Å²) in [5, 5.41) is 3.55. The van der Waals surface area contributed by atoms with E-state index in [1.54, 1.807) is 0 Å². The number of pyridine rings is 1. The van der Waals surface area contributed by atoms with Gasteiger partial charge in [-0.05, 0) is 56.0 Å². The highest BCUT2D eigenvalue weighted by molar-refractivity contribution is 5.63. The maximum Gasteiger partial charge on any atom is 0.132 e. The predicted molar refractivity (Wildman–Crippen MR) is 88.1 cm³/mol. The summed E-state index contributed by atoms with van der Waals surface area (Å²) in [7, 11) is 2.08. The van der Waals surface area contributed by atoms with E-state index in [0.717, 1.165) is 18.4 Å². The van der Waals surface area contributed by atoms with E-state index in [2.05, 4.69) is 66.4 Å². The van der Waals surface area contributed by atoms with Crippen molar-refractivity contribution in [1.82, 2.24) is 10.3 Å². The fourth-order valence-electron chi connectivity index (χ4n) is 2.61. The molecule has 1 aliphatic rings. The molecule has 110 valence electrons. The molecule has 3 heteroatoms. The summed E-state index contributed by atoms with van der Waals surface area (Å²) in [6.45, 7) is 5.21. The molecule has 0 saturated heterocycles. The lowest BCUT2D eigenvalue weighted by atomic mass is 10.1. The van der Waals surface area contributed by atoms with E-state index in [0.29, 0.717) is 0 Å². The van der Waals surface area contributed by atoms with Crippen LogP contribution in [-0.4, -0.2) is 18.1 Å². The van der Waals surface area contributed by atoms with Crippen LogP contribution < -0.4 is 10.2 Å². The Morgan fingerprint density at radius 1 is 1.19 bits per heavy atom. The number of hydrogen-bond acceptors (Lipinski definition) is 3. The smallest absolute Gasteiger partial charge is 0.132 e. The van der Waals surface area contributed by atoms with Crippen molar-refractivity contribution in [2.45, 2.75) is 39.3 Å². The van der Waals surface area contributed by atoms with Crippen molar-refractivity contribution in [2.75, 3.05) is 11.9 Å². The maximum absolute atomic E-state index is 4.52. The van der Waals surface area contributed by atoms with Crippen molar-refractivity contribution in [3.8, 4) is 0 Å². The van der Waals surface area contributed by atoms with E-state index in [1.807, 2.05) is 6.20 Å². The van der Waals surface area contributed by atoms with Crippen LogP contribution in [0.15, 0.2) is 36.5 Å². The Morgan fingerprint density at radius 2 is 2.00 bits per heavy atom. The van der Waals surface area contributed by atoms with Crippen LogP contribution in [0.2, 0.25) is 0 Å². The number of rotatable bonds is 5. The van der Waals surface area contributed by atoms with E-state index >= 15 is 0 Å². The Balaban J connectivity index is 1.79. The molecule has 2 aromatic rings.